The van der Waals surface area contributed by atoms with Crippen molar-refractivity contribution in [3.8, 4) is 23.1 Å². The highest BCUT2D eigenvalue weighted by atomic mass is 16.5. The van der Waals surface area contributed by atoms with Crippen molar-refractivity contribution in [2.45, 2.75) is 0 Å². The second-order valence-corrected chi connectivity index (χ2v) is 3.26. The van der Waals surface area contributed by atoms with E-state index in [0.717, 1.165) is 11.1 Å². The third kappa shape index (κ3) is 1.86. The number of aromatic nitrogens is 1. The van der Waals surface area contributed by atoms with Crippen LogP contribution in [0, 0.1) is 11.3 Å². The molecule has 0 unspecified atom stereocenters. The highest BCUT2D eigenvalue weighted by Gasteiger charge is 2.07. The molecule has 1 heterocycles. The van der Waals surface area contributed by atoms with Crippen LogP contribution in [0.2, 0.25) is 0 Å². The summed E-state index contributed by atoms with van der Waals surface area (Å²) in [6.45, 7) is 0. The van der Waals surface area contributed by atoms with Crippen molar-refractivity contribution in [2.75, 3.05) is 7.11 Å². The van der Waals surface area contributed by atoms with E-state index < -0.39 is 0 Å². The summed E-state index contributed by atoms with van der Waals surface area (Å²) in [5, 5.41) is 8.84. The Hall–Kier alpha value is -2.34. The molecule has 0 radical (unpaired) electrons. The zero-order valence-electron chi connectivity index (χ0n) is 8.84. The van der Waals surface area contributed by atoms with Crippen molar-refractivity contribution in [3.63, 3.8) is 0 Å². The molecule has 1 aromatic carbocycles. The van der Waals surface area contributed by atoms with Crippen LogP contribution in [-0.4, -0.2) is 12.1 Å². The molecule has 2 aromatic rings. The maximum atomic E-state index is 8.84. The average molecular weight is 210 g/mol. The molecule has 78 valence electrons. The minimum Gasteiger partial charge on any atom is -0.481 e. The van der Waals surface area contributed by atoms with Crippen molar-refractivity contribution < 1.29 is 4.74 Å². The van der Waals surface area contributed by atoms with Gasteiger partial charge in [0.2, 0.25) is 5.88 Å². The summed E-state index contributed by atoms with van der Waals surface area (Å²) in [4.78, 5) is 4.10. The van der Waals surface area contributed by atoms with Crippen LogP contribution in [0.15, 0.2) is 42.6 Å². The van der Waals surface area contributed by atoms with E-state index in [4.69, 9.17) is 10.00 Å². The van der Waals surface area contributed by atoms with Crippen molar-refractivity contribution in [3.05, 3.63) is 48.2 Å². The molecule has 0 bridgehead atoms. The molecule has 0 aliphatic carbocycles. The van der Waals surface area contributed by atoms with E-state index in [1.165, 1.54) is 6.20 Å². The largest absolute Gasteiger partial charge is 0.481 e. The lowest BCUT2D eigenvalue weighted by molar-refractivity contribution is 0.399. The summed E-state index contributed by atoms with van der Waals surface area (Å²) >= 11 is 0. The Morgan fingerprint density at radius 1 is 1.25 bits per heavy atom. The molecule has 2 rings (SSSR count). The number of pyridine rings is 1. The van der Waals surface area contributed by atoms with Crippen LogP contribution in [0.3, 0.4) is 0 Å². The topological polar surface area (TPSA) is 45.9 Å². The lowest BCUT2D eigenvalue weighted by atomic mass is 10.1. The first-order valence-electron chi connectivity index (χ1n) is 4.84. The van der Waals surface area contributed by atoms with Crippen LogP contribution in [-0.2, 0) is 0 Å². The number of hydrogen-bond donors (Lipinski definition) is 0. The van der Waals surface area contributed by atoms with E-state index in [1.54, 1.807) is 13.2 Å². The fourth-order valence-corrected chi connectivity index (χ4v) is 1.50. The normalized spacial score (nSPS) is 9.50. The van der Waals surface area contributed by atoms with Gasteiger partial charge >= 0.3 is 0 Å². The molecule has 0 amide bonds. The second kappa shape index (κ2) is 4.45. The molecule has 0 saturated heterocycles. The van der Waals surface area contributed by atoms with Crippen molar-refractivity contribution in [1.29, 1.82) is 5.26 Å². The standard InChI is InChI=1S/C13H10N2O/c1-16-13-12(7-10(8-14)9-15-13)11-5-3-2-4-6-11/h2-7,9H,1H3. The maximum Gasteiger partial charge on any atom is 0.221 e. The number of benzene rings is 1. The van der Waals surface area contributed by atoms with Gasteiger partial charge in [-0.1, -0.05) is 30.3 Å². The van der Waals surface area contributed by atoms with Gasteiger partial charge in [0.25, 0.3) is 0 Å². The van der Waals surface area contributed by atoms with Crippen molar-refractivity contribution in [2.24, 2.45) is 0 Å². The van der Waals surface area contributed by atoms with E-state index >= 15 is 0 Å². The summed E-state index contributed by atoms with van der Waals surface area (Å²) in [5.74, 6) is 0.533. The van der Waals surface area contributed by atoms with E-state index in [1.807, 2.05) is 30.3 Å². The van der Waals surface area contributed by atoms with Gasteiger partial charge in [-0.3, -0.25) is 0 Å². The quantitative estimate of drug-likeness (QED) is 0.765. The van der Waals surface area contributed by atoms with Gasteiger partial charge in [0, 0.05) is 11.8 Å². The maximum absolute atomic E-state index is 8.84. The minimum atomic E-state index is 0.527. The third-order valence-corrected chi connectivity index (χ3v) is 2.26. The molecule has 3 nitrogen and oxygen atoms in total. The average Bonchev–Trinajstić information content (AvgIpc) is 2.39. The highest BCUT2D eigenvalue weighted by molar-refractivity contribution is 5.69. The molecule has 0 atom stereocenters. The van der Waals surface area contributed by atoms with E-state index in [2.05, 4.69) is 11.1 Å². The van der Waals surface area contributed by atoms with Crippen LogP contribution < -0.4 is 4.74 Å². The first-order chi connectivity index (χ1) is 7.85. The number of hydrogen-bond acceptors (Lipinski definition) is 3. The summed E-state index contributed by atoms with van der Waals surface area (Å²) in [6.07, 6.45) is 1.51. The molecule has 0 fully saturated rings. The van der Waals surface area contributed by atoms with Gasteiger partial charge in [0.1, 0.15) is 6.07 Å². The third-order valence-electron chi connectivity index (χ3n) is 2.26. The van der Waals surface area contributed by atoms with Gasteiger partial charge in [-0.25, -0.2) is 4.98 Å². The molecule has 0 saturated carbocycles. The Kier molecular flexibility index (Phi) is 2.84. The Bertz CT molecular complexity index is 529. The highest BCUT2D eigenvalue weighted by Crippen LogP contribution is 2.28. The monoisotopic (exact) mass is 210 g/mol. The first-order valence-corrected chi connectivity index (χ1v) is 4.84. The molecule has 0 N–H and O–H groups in total. The molecular weight excluding hydrogens is 200 g/mol. The van der Waals surface area contributed by atoms with Crippen LogP contribution in [0.25, 0.3) is 11.1 Å². The van der Waals surface area contributed by atoms with E-state index in [-0.39, 0.29) is 0 Å². The fraction of sp³-hybridized carbons (Fsp3) is 0.0769. The molecule has 3 heteroatoms. The lowest BCUT2D eigenvalue weighted by Gasteiger charge is -2.07. The molecular formula is C13H10N2O. The van der Waals surface area contributed by atoms with Crippen molar-refractivity contribution >= 4 is 0 Å². The predicted octanol–water partition coefficient (Wildman–Crippen LogP) is 2.63. The predicted molar refractivity (Wildman–Crippen MR) is 60.9 cm³/mol. The fourth-order valence-electron chi connectivity index (χ4n) is 1.50. The Morgan fingerprint density at radius 2 is 2.00 bits per heavy atom. The number of nitrogens with zero attached hydrogens (tertiary/aromatic N) is 2. The van der Waals surface area contributed by atoms with Crippen LogP contribution in [0.4, 0.5) is 0 Å². The van der Waals surface area contributed by atoms with Crippen LogP contribution >= 0.6 is 0 Å². The zero-order valence-corrected chi connectivity index (χ0v) is 8.84. The van der Waals surface area contributed by atoms with Gasteiger partial charge in [0.05, 0.1) is 12.7 Å². The lowest BCUT2D eigenvalue weighted by Crippen LogP contribution is -1.92. The van der Waals surface area contributed by atoms with Gasteiger partial charge in [0.15, 0.2) is 0 Å². The number of ether oxygens (including phenoxy) is 1. The molecule has 16 heavy (non-hydrogen) atoms. The number of methoxy groups -OCH3 is 1. The minimum absolute atomic E-state index is 0.527. The summed E-state index contributed by atoms with van der Waals surface area (Å²) in [7, 11) is 1.57. The summed E-state index contributed by atoms with van der Waals surface area (Å²) < 4.78 is 5.18. The van der Waals surface area contributed by atoms with Crippen LogP contribution in [0.5, 0.6) is 5.88 Å². The van der Waals surface area contributed by atoms with Gasteiger partial charge in [-0.05, 0) is 11.6 Å². The Morgan fingerprint density at radius 3 is 2.62 bits per heavy atom. The van der Waals surface area contributed by atoms with Gasteiger partial charge < -0.3 is 4.74 Å². The first kappa shape index (κ1) is 10.2. The van der Waals surface area contributed by atoms with E-state index in [9.17, 15) is 0 Å². The molecule has 0 spiro atoms. The zero-order chi connectivity index (χ0) is 11.4. The van der Waals surface area contributed by atoms with Crippen molar-refractivity contribution in [1.82, 2.24) is 4.98 Å². The Balaban J connectivity index is 2.59. The Labute approximate surface area is 93.9 Å². The van der Waals surface area contributed by atoms with Gasteiger partial charge in [-0.15, -0.1) is 0 Å². The molecule has 0 aliphatic rings. The van der Waals surface area contributed by atoms with E-state index in [0.29, 0.717) is 11.4 Å². The summed E-state index contributed by atoms with van der Waals surface area (Å²) in [5.41, 5.74) is 2.35. The molecule has 1 aromatic heterocycles. The number of nitriles is 1. The molecule has 0 aliphatic heterocycles. The second-order valence-electron chi connectivity index (χ2n) is 3.26. The van der Waals surface area contributed by atoms with Gasteiger partial charge in [-0.2, -0.15) is 5.26 Å². The van der Waals surface area contributed by atoms with Crippen LogP contribution in [0.1, 0.15) is 5.56 Å². The summed E-state index contributed by atoms with van der Waals surface area (Å²) in [6, 6.07) is 13.6. The number of rotatable bonds is 2. The smallest absolute Gasteiger partial charge is 0.221 e. The SMILES string of the molecule is COc1ncc(C#N)cc1-c1ccccc1.